The number of benzene rings is 1. The molecule has 0 aliphatic carbocycles. The fourth-order valence-electron chi connectivity index (χ4n) is 1.60. The van der Waals surface area contributed by atoms with E-state index in [-0.39, 0.29) is 11.9 Å². The highest BCUT2D eigenvalue weighted by Gasteiger charge is 2.21. The average Bonchev–Trinajstić information content (AvgIpc) is 2.67. The van der Waals surface area contributed by atoms with Crippen LogP contribution < -0.4 is 5.32 Å². The number of oxime groups is 1. The van der Waals surface area contributed by atoms with Gasteiger partial charge in [-0.1, -0.05) is 17.3 Å². The lowest BCUT2D eigenvalue weighted by molar-refractivity contribution is 0.0866. The van der Waals surface area contributed by atoms with Gasteiger partial charge < -0.3 is 10.2 Å². The van der Waals surface area contributed by atoms with Crippen LogP contribution in [0.5, 0.6) is 0 Å². The summed E-state index contributed by atoms with van der Waals surface area (Å²) in [6.07, 6.45) is 0.790. The largest absolute Gasteiger partial charge is 0.390 e. The van der Waals surface area contributed by atoms with E-state index in [9.17, 15) is 4.39 Å². The van der Waals surface area contributed by atoms with Gasteiger partial charge in [-0.3, -0.25) is 0 Å². The van der Waals surface area contributed by atoms with E-state index in [0.29, 0.717) is 0 Å². The third-order valence-electron chi connectivity index (χ3n) is 2.32. The topological polar surface area (TPSA) is 33.6 Å². The second-order valence-electron chi connectivity index (χ2n) is 3.54. The molecule has 2 rings (SSSR count). The molecule has 0 bridgehead atoms. The molecule has 0 fully saturated rings. The van der Waals surface area contributed by atoms with Gasteiger partial charge in [0, 0.05) is 18.5 Å². The van der Waals surface area contributed by atoms with Crippen LogP contribution in [0.4, 0.5) is 4.39 Å². The maximum atomic E-state index is 13.0. The first-order chi connectivity index (χ1) is 7.29. The Balaban J connectivity index is 2.07. The summed E-state index contributed by atoms with van der Waals surface area (Å²) < 4.78 is 13.0. The van der Waals surface area contributed by atoms with E-state index < -0.39 is 0 Å². The first kappa shape index (κ1) is 10.1. The fourth-order valence-corrected chi connectivity index (χ4v) is 1.60. The van der Waals surface area contributed by atoms with Gasteiger partial charge in [-0.05, 0) is 19.2 Å². The van der Waals surface area contributed by atoms with Crippen LogP contribution in [0.15, 0.2) is 29.4 Å². The van der Waals surface area contributed by atoms with Gasteiger partial charge in [0.15, 0.2) is 0 Å². The molecule has 3 nitrogen and oxygen atoms in total. The normalized spacial score (nSPS) is 19.9. The lowest BCUT2D eigenvalue weighted by Gasteiger charge is -2.05. The fraction of sp³-hybridized carbons (Fsp3) is 0.364. The van der Waals surface area contributed by atoms with Crippen molar-refractivity contribution in [3.05, 3.63) is 35.6 Å². The second kappa shape index (κ2) is 4.40. The average molecular weight is 208 g/mol. The van der Waals surface area contributed by atoms with Crippen molar-refractivity contribution >= 4 is 5.71 Å². The van der Waals surface area contributed by atoms with Crippen molar-refractivity contribution in [2.24, 2.45) is 5.16 Å². The first-order valence-corrected chi connectivity index (χ1v) is 4.93. The van der Waals surface area contributed by atoms with Gasteiger partial charge in [-0.2, -0.15) is 0 Å². The summed E-state index contributed by atoms with van der Waals surface area (Å²) in [5.74, 6) is -0.243. The van der Waals surface area contributed by atoms with E-state index in [1.807, 2.05) is 13.1 Å². The Morgan fingerprint density at radius 1 is 1.60 bits per heavy atom. The minimum atomic E-state index is -0.243. The highest BCUT2D eigenvalue weighted by atomic mass is 19.1. The Bertz CT molecular complexity index is 379. The molecule has 1 aromatic rings. The molecule has 0 saturated heterocycles. The Kier molecular flexibility index (Phi) is 2.97. The molecular formula is C11H13FN2O. The maximum absolute atomic E-state index is 13.0. The molecule has 0 saturated carbocycles. The van der Waals surface area contributed by atoms with E-state index in [1.165, 1.54) is 12.1 Å². The predicted octanol–water partition coefficient (Wildman–Crippen LogP) is 1.54. The van der Waals surface area contributed by atoms with Crippen LogP contribution >= 0.6 is 0 Å². The minimum Gasteiger partial charge on any atom is -0.390 e. The Morgan fingerprint density at radius 3 is 3.20 bits per heavy atom. The second-order valence-corrected chi connectivity index (χ2v) is 3.54. The quantitative estimate of drug-likeness (QED) is 0.817. The van der Waals surface area contributed by atoms with Crippen molar-refractivity contribution in [2.45, 2.75) is 12.5 Å². The zero-order valence-corrected chi connectivity index (χ0v) is 8.53. The summed E-state index contributed by atoms with van der Waals surface area (Å²) in [4.78, 5) is 5.20. The third-order valence-corrected chi connectivity index (χ3v) is 2.32. The maximum Gasteiger partial charge on any atom is 0.145 e. The molecule has 1 atom stereocenters. The number of hydrogen-bond acceptors (Lipinski definition) is 3. The Hall–Kier alpha value is -1.42. The first-order valence-electron chi connectivity index (χ1n) is 4.93. The number of nitrogens with zero attached hydrogens (tertiary/aromatic N) is 1. The summed E-state index contributed by atoms with van der Waals surface area (Å²) >= 11 is 0. The van der Waals surface area contributed by atoms with Crippen molar-refractivity contribution in [3.8, 4) is 0 Å². The van der Waals surface area contributed by atoms with Gasteiger partial charge >= 0.3 is 0 Å². The van der Waals surface area contributed by atoms with E-state index in [2.05, 4.69) is 10.5 Å². The molecule has 1 heterocycles. The molecule has 0 spiro atoms. The van der Waals surface area contributed by atoms with Crippen molar-refractivity contribution in [1.82, 2.24) is 5.32 Å². The van der Waals surface area contributed by atoms with Crippen molar-refractivity contribution < 1.29 is 9.23 Å². The lowest BCUT2D eigenvalue weighted by atomic mass is 10.1. The molecule has 1 aliphatic rings. The molecule has 0 radical (unpaired) electrons. The Labute approximate surface area is 87.9 Å². The molecule has 1 unspecified atom stereocenters. The van der Waals surface area contributed by atoms with E-state index in [4.69, 9.17) is 4.84 Å². The predicted molar refractivity (Wildman–Crippen MR) is 56.4 cm³/mol. The summed E-state index contributed by atoms with van der Waals surface area (Å²) in [5.41, 5.74) is 1.61. The number of halogens is 1. The molecule has 0 aromatic heterocycles. The SMILES string of the molecule is CNCC1CC(c2cccc(F)c2)=NO1. The van der Waals surface area contributed by atoms with Gasteiger partial charge in [0.25, 0.3) is 0 Å². The third kappa shape index (κ3) is 2.33. The highest BCUT2D eigenvalue weighted by Crippen LogP contribution is 2.16. The molecule has 1 aliphatic heterocycles. The van der Waals surface area contributed by atoms with Crippen molar-refractivity contribution in [1.29, 1.82) is 0 Å². The smallest absolute Gasteiger partial charge is 0.145 e. The number of nitrogens with one attached hydrogen (secondary N) is 1. The van der Waals surface area contributed by atoms with Gasteiger partial charge in [0.05, 0.1) is 5.71 Å². The monoisotopic (exact) mass is 208 g/mol. The number of likely N-dealkylation sites (N-methyl/N-ethyl adjacent to an activating group) is 1. The van der Waals surface area contributed by atoms with Crippen LogP contribution in [0, 0.1) is 5.82 Å². The summed E-state index contributed by atoms with van der Waals surface area (Å²) in [6, 6.07) is 6.42. The molecule has 1 aromatic carbocycles. The molecule has 0 amide bonds. The summed E-state index contributed by atoms with van der Waals surface area (Å²) in [7, 11) is 1.86. The van der Waals surface area contributed by atoms with Crippen molar-refractivity contribution in [3.63, 3.8) is 0 Å². The molecule has 1 N–H and O–H groups in total. The van der Waals surface area contributed by atoms with Crippen LogP contribution in [0.2, 0.25) is 0 Å². The Morgan fingerprint density at radius 2 is 2.47 bits per heavy atom. The molecular weight excluding hydrogens is 195 g/mol. The van der Waals surface area contributed by atoms with Crippen LogP contribution in [0.3, 0.4) is 0 Å². The molecule has 4 heteroatoms. The number of hydrogen-bond donors (Lipinski definition) is 1. The van der Waals surface area contributed by atoms with Gasteiger partial charge in [-0.25, -0.2) is 4.39 Å². The molecule has 15 heavy (non-hydrogen) atoms. The van der Waals surface area contributed by atoms with Crippen LogP contribution in [0.1, 0.15) is 12.0 Å². The van der Waals surface area contributed by atoms with Gasteiger partial charge in [-0.15, -0.1) is 0 Å². The summed E-state index contributed by atoms with van der Waals surface area (Å²) in [5, 5.41) is 6.98. The van der Waals surface area contributed by atoms with Crippen LogP contribution in [-0.4, -0.2) is 25.4 Å². The number of rotatable bonds is 3. The lowest BCUT2D eigenvalue weighted by Crippen LogP contribution is -2.23. The standard InChI is InChI=1S/C11H13FN2O/c1-13-7-10-6-11(14-15-10)8-3-2-4-9(12)5-8/h2-5,10,13H,6-7H2,1H3. The highest BCUT2D eigenvalue weighted by molar-refractivity contribution is 6.01. The van der Waals surface area contributed by atoms with E-state index in [0.717, 1.165) is 24.2 Å². The minimum absolute atomic E-state index is 0.0632. The molecule has 80 valence electrons. The van der Waals surface area contributed by atoms with Crippen LogP contribution in [0.25, 0.3) is 0 Å². The zero-order valence-electron chi connectivity index (χ0n) is 8.53. The van der Waals surface area contributed by atoms with Crippen molar-refractivity contribution in [2.75, 3.05) is 13.6 Å². The zero-order chi connectivity index (χ0) is 10.7. The summed E-state index contributed by atoms with van der Waals surface area (Å²) in [6.45, 7) is 0.752. The van der Waals surface area contributed by atoms with Crippen LogP contribution in [-0.2, 0) is 4.84 Å². The van der Waals surface area contributed by atoms with E-state index >= 15 is 0 Å². The van der Waals surface area contributed by atoms with Gasteiger partial charge in [0.1, 0.15) is 11.9 Å². The van der Waals surface area contributed by atoms with Gasteiger partial charge in [0.2, 0.25) is 0 Å². The van der Waals surface area contributed by atoms with E-state index in [1.54, 1.807) is 6.07 Å².